The third-order valence-electron chi connectivity index (χ3n) is 3.26. The maximum Gasteiger partial charge on any atom is 0.131 e. The van der Waals surface area contributed by atoms with Crippen LogP contribution in [-0.2, 0) is 6.42 Å². The van der Waals surface area contributed by atoms with Crippen LogP contribution in [0.1, 0.15) is 16.4 Å². The van der Waals surface area contributed by atoms with Crippen molar-refractivity contribution in [3.63, 3.8) is 0 Å². The molecule has 2 aromatic carbocycles. The van der Waals surface area contributed by atoms with Crippen LogP contribution in [0.15, 0.2) is 48.5 Å². The Morgan fingerprint density at radius 1 is 1.05 bits per heavy atom. The molecule has 3 rings (SSSR count). The van der Waals surface area contributed by atoms with Crippen LogP contribution in [0.5, 0.6) is 11.5 Å². The van der Waals surface area contributed by atoms with E-state index in [0.29, 0.717) is 5.25 Å². The van der Waals surface area contributed by atoms with Gasteiger partial charge in [0.05, 0.1) is 0 Å². The Morgan fingerprint density at radius 3 is 2.63 bits per heavy atom. The zero-order valence-corrected chi connectivity index (χ0v) is 12.9. The molecule has 0 N–H and O–H groups in total. The van der Waals surface area contributed by atoms with Gasteiger partial charge in [0.15, 0.2) is 0 Å². The fraction of sp³-hybridized carbons (Fsp3) is 0.250. The van der Waals surface area contributed by atoms with Crippen LogP contribution in [0, 0.1) is 0 Å². The minimum absolute atomic E-state index is 0.470. The zero-order chi connectivity index (χ0) is 13.1. The minimum atomic E-state index is 0.470. The predicted molar refractivity (Wildman–Crippen MR) is 85.7 cm³/mol. The van der Waals surface area contributed by atoms with Gasteiger partial charge >= 0.3 is 0 Å². The van der Waals surface area contributed by atoms with Crippen LogP contribution in [0.3, 0.4) is 0 Å². The number of thioether (sulfide) groups is 1. The van der Waals surface area contributed by atoms with E-state index in [4.69, 9.17) is 4.74 Å². The summed E-state index contributed by atoms with van der Waals surface area (Å²) in [7, 11) is 0. The monoisotopic (exact) mass is 334 g/mol. The number of hydrogen-bond acceptors (Lipinski definition) is 2. The highest BCUT2D eigenvalue weighted by molar-refractivity contribution is 9.09. The third-order valence-corrected chi connectivity index (χ3v) is 5.44. The molecular weight excluding hydrogens is 320 g/mol. The first-order chi connectivity index (χ1) is 9.38. The average Bonchev–Trinajstić information content (AvgIpc) is 2.61. The molecule has 0 fully saturated rings. The molecule has 1 nitrogen and oxygen atoms in total. The Hall–Kier alpha value is -0.930. The van der Waals surface area contributed by atoms with E-state index in [-0.39, 0.29) is 0 Å². The van der Waals surface area contributed by atoms with Crippen molar-refractivity contribution >= 4 is 27.7 Å². The van der Waals surface area contributed by atoms with Gasteiger partial charge in [0.25, 0.3) is 0 Å². The third kappa shape index (κ3) is 2.82. The van der Waals surface area contributed by atoms with Crippen LogP contribution in [0.25, 0.3) is 0 Å². The summed E-state index contributed by atoms with van der Waals surface area (Å²) in [5.74, 6) is 3.11. The zero-order valence-electron chi connectivity index (χ0n) is 10.5. The lowest BCUT2D eigenvalue weighted by molar-refractivity contribution is 0.479. The van der Waals surface area contributed by atoms with Crippen LogP contribution >= 0.6 is 27.7 Å². The number of rotatable bonds is 3. The second kappa shape index (κ2) is 6.02. The van der Waals surface area contributed by atoms with Crippen LogP contribution in [-0.4, -0.2) is 11.1 Å². The minimum Gasteiger partial charge on any atom is -0.457 e. The maximum absolute atomic E-state index is 6.09. The van der Waals surface area contributed by atoms with Crippen LogP contribution in [0.2, 0.25) is 0 Å². The number of alkyl halides is 1. The fourth-order valence-electron chi connectivity index (χ4n) is 2.38. The lowest BCUT2D eigenvalue weighted by atomic mass is 10.0. The molecule has 19 heavy (non-hydrogen) atoms. The molecule has 1 aliphatic heterocycles. The molecule has 0 saturated carbocycles. The molecule has 1 aliphatic rings. The summed E-state index contributed by atoms with van der Waals surface area (Å²) in [4.78, 5) is 0. The summed E-state index contributed by atoms with van der Waals surface area (Å²) in [6.45, 7) is 0. The van der Waals surface area contributed by atoms with Gasteiger partial charge in [0.1, 0.15) is 11.5 Å². The van der Waals surface area contributed by atoms with Crippen molar-refractivity contribution in [1.29, 1.82) is 0 Å². The van der Waals surface area contributed by atoms with Crippen molar-refractivity contribution in [2.24, 2.45) is 0 Å². The first-order valence-corrected chi connectivity index (χ1v) is 8.58. The predicted octanol–water partition coefficient (Wildman–Crippen LogP) is 5.20. The lowest BCUT2D eigenvalue weighted by Crippen LogP contribution is -1.99. The summed E-state index contributed by atoms with van der Waals surface area (Å²) in [5, 5.41) is 1.50. The maximum atomic E-state index is 6.09. The van der Waals surface area contributed by atoms with Crippen molar-refractivity contribution in [3.05, 3.63) is 59.7 Å². The van der Waals surface area contributed by atoms with Gasteiger partial charge in [-0.05, 0) is 24.1 Å². The Bertz CT molecular complexity index is 570. The van der Waals surface area contributed by atoms with Crippen molar-refractivity contribution in [2.45, 2.75) is 11.7 Å². The first kappa shape index (κ1) is 13.1. The SMILES string of the molecule is BrCCSC1Cc2ccccc2Oc2ccccc21. The Morgan fingerprint density at radius 2 is 1.79 bits per heavy atom. The highest BCUT2D eigenvalue weighted by Crippen LogP contribution is 2.44. The van der Waals surface area contributed by atoms with E-state index in [1.165, 1.54) is 11.1 Å². The summed E-state index contributed by atoms with van der Waals surface area (Å²) in [6, 6.07) is 16.7. The fourth-order valence-corrected chi connectivity index (χ4v) is 3.98. The number of ether oxygens (including phenoxy) is 1. The summed E-state index contributed by atoms with van der Waals surface area (Å²) < 4.78 is 6.09. The number of benzene rings is 2. The standard InChI is InChI=1S/C16H15BrOS/c17-9-10-19-16-11-12-5-1-3-7-14(12)18-15-8-4-2-6-13(15)16/h1-8,16H,9-11H2. The Labute approximate surface area is 126 Å². The molecule has 0 aromatic heterocycles. The van der Waals surface area contributed by atoms with Gasteiger partial charge in [-0.15, -0.1) is 0 Å². The molecule has 0 aliphatic carbocycles. The van der Waals surface area contributed by atoms with Gasteiger partial charge in [-0.25, -0.2) is 0 Å². The summed E-state index contributed by atoms with van der Waals surface area (Å²) >= 11 is 5.51. The van der Waals surface area contributed by atoms with E-state index in [1.807, 2.05) is 23.9 Å². The normalized spacial score (nSPS) is 17.0. The number of para-hydroxylation sites is 2. The van der Waals surface area contributed by atoms with Crippen molar-refractivity contribution < 1.29 is 4.74 Å². The topological polar surface area (TPSA) is 9.23 Å². The molecule has 1 heterocycles. The number of halogens is 1. The highest BCUT2D eigenvalue weighted by Gasteiger charge is 2.22. The largest absolute Gasteiger partial charge is 0.457 e. The molecule has 1 atom stereocenters. The lowest BCUT2D eigenvalue weighted by Gasteiger charge is -2.15. The molecule has 0 saturated heterocycles. The van der Waals surface area contributed by atoms with E-state index >= 15 is 0 Å². The second-order valence-corrected chi connectivity index (χ2v) is 6.60. The summed E-state index contributed by atoms with van der Waals surface area (Å²) in [6.07, 6.45) is 1.03. The van der Waals surface area contributed by atoms with Gasteiger partial charge in [0.2, 0.25) is 0 Å². The average molecular weight is 335 g/mol. The molecule has 98 valence electrons. The van der Waals surface area contributed by atoms with E-state index in [9.17, 15) is 0 Å². The van der Waals surface area contributed by atoms with Gasteiger partial charge in [0, 0.05) is 21.9 Å². The molecule has 1 unspecified atom stereocenters. The molecule has 0 bridgehead atoms. The van der Waals surface area contributed by atoms with Gasteiger partial charge < -0.3 is 4.74 Å². The molecular formula is C16H15BrOS. The van der Waals surface area contributed by atoms with Crippen molar-refractivity contribution in [2.75, 3.05) is 11.1 Å². The highest BCUT2D eigenvalue weighted by atomic mass is 79.9. The van der Waals surface area contributed by atoms with E-state index < -0.39 is 0 Å². The Kier molecular flexibility index (Phi) is 4.14. The van der Waals surface area contributed by atoms with Crippen molar-refractivity contribution in [1.82, 2.24) is 0 Å². The van der Waals surface area contributed by atoms with Gasteiger partial charge in [-0.1, -0.05) is 52.3 Å². The quantitative estimate of drug-likeness (QED) is 0.713. The Balaban J connectivity index is 2.01. The molecule has 0 amide bonds. The van der Waals surface area contributed by atoms with Crippen LogP contribution in [0.4, 0.5) is 0 Å². The molecule has 2 aromatic rings. The van der Waals surface area contributed by atoms with Gasteiger partial charge in [-0.3, -0.25) is 0 Å². The molecule has 0 radical (unpaired) electrons. The smallest absolute Gasteiger partial charge is 0.131 e. The van der Waals surface area contributed by atoms with Crippen molar-refractivity contribution in [3.8, 4) is 11.5 Å². The summed E-state index contributed by atoms with van der Waals surface area (Å²) in [5.41, 5.74) is 2.61. The molecule has 3 heteroatoms. The first-order valence-electron chi connectivity index (χ1n) is 6.41. The van der Waals surface area contributed by atoms with Crippen LogP contribution < -0.4 is 4.74 Å². The number of fused-ring (bicyclic) bond motifs is 2. The van der Waals surface area contributed by atoms with E-state index in [1.54, 1.807) is 0 Å². The molecule has 0 spiro atoms. The van der Waals surface area contributed by atoms with E-state index in [2.05, 4.69) is 52.3 Å². The number of hydrogen-bond donors (Lipinski definition) is 0. The van der Waals surface area contributed by atoms with E-state index in [0.717, 1.165) is 29.0 Å². The second-order valence-electron chi connectivity index (χ2n) is 4.50. The van der Waals surface area contributed by atoms with Gasteiger partial charge in [-0.2, -0.15) is 11.8 Å².